The summed E-state index contributed by atoms with van der Waals surface area (Å²) in [7, 11) is -0.158. The second kappa shape index (κ2) is 5.61. The Labute approximate surface area is 125 Å². The molecule has 0 saturated carbocycles. The fourth-order valence-corrected chi connectivity index (χ4v) is 3.53. The Morgan fingerprint density at radius 3 is 2.33 bits per heavy atom. The first kappa shape index (κ1) is 15.7. The molecule has 2 aromatic rings. The first-order valence-corrected chi connectivity index (χ1v) is 8.19. The summed E-state index contributed by atoms with van der Waals surface area (Å²) in [5, 5.41) is 8.43. The van der Waals surface area contributed by atoms with Gasteiger partial charge in [0.2, 0.25) is 10.0 Å². The maximum Gasteiger partial charge on any atom is 0.246 e. The summed E-state index contributed by atoms with van der Waals surface area (Å²) in [6, 6.07) is 0. The van der Waals surface area contributed by atoms with Crippen molar-refractivity contribution in [3.63, 3.8) is 0 Å². The molecule has 2 heterocycles. The van der Waals surface area contributed by atoms with Crippen LogP contribution in [0, 0.1) is 13.8 Å². The largest absolute Gasteiger partial charge is 0.275 e. The molecular formula is C13H21N5O2S. The molecule has 0 aliphatic heterocycles. The topological polar surface area (TPSA) is 73.0 Å². The van der Waals surface area contributed by atoms with Crippen molar-refractivity contribution in [1.29, 1.82) is 0 Å². The van der Waals surface area contributed by atoms with Crippen LogP contribution in [0.5, 0.6) is 0 Å². The zero-order valence-corrected chi connectivity index (χ0v) is 13.8. The summed E-state index contributed by atoms with van der Waals surface area (Å²) in [6.45, 7) is 6.43. The van der Waals surface area contributed by atoms with E-state index >= 15 is 0 Å². The van der Waals surface area contributed by atoms with Crippen LogP contribution in [0.15, 0.2) is 17.3 Å². The highest BCUT2D eigenvalue weighted by Gasteiger charge is 2.26. The monoisotopic (exact) mass is 311 g/mol. The van der Waals surface area contributed by atoms with Crippen LogP contribution in [0.2, 0.25) is 0 Å². The Kier molecular flexibility index (Phi) is 4.20. The van der Waals surface area contributed by atoms with Gasteiger partial charge in [-0.25, -0.2) is 8.42 Å². The van der Waals surface area contributed by atoms with Crippen molar-refractivity contribution in [2.75, 3.05) is 7.05 Å². The van der Waals surface area contributed by atoms with E-state index in [1.165, 1.54) is 4.31 Å². The van der Waals surface area contributed by atoms with Gasteiger partial charge < -0.3 is 0 Å². The van der Waals surface area contributed by atoms with Crippen LogP contribution in [0.3, 0.4) is 0 Å². The standard InChI is InChI=1S/C13H21N5O2S/c1-6-18-9-13(11(3)15-18)21(19,20)17(5)8-12-7-16(4)14-10(12)2/h7,9H,6,8H2,1-5H3. The van der Waals surface area contributed by atoms with Crippen LogP contribution < -0.4 is 0 Å². The summed E-state index contributed by atoms with van der Waals surface area (Å²) in [5.74, 6) is 0. The van der Waals surface area contributed by atoms with E-state index in [-0.39, 0.29) is 4.90 Å². The molecule has 0 saturated heterocycles. The summed E-state index contributed by atoms with van der Waals surface area (Å²) in [6.07, 6.45) is 3.42. The Morgan fingerprint density at radius 2 is 1.86 bits per heavy atom. The minimum atomic E-state index is -3.55. The average Bonchev–Trinajstić information content (AvgIpc) is 2.92. The van der Waals surface area contributed by atoms with Gasteiger partial charge in [-0.05, 0) is 20.8 Å². The van der Waals surface area contributed by atoms with Gasteiger partial charge in [0.1, 0.15) is 4.90 Å². The number of aryl methyl sites for hydroxylation is 4. The number of hydrogen-bond donors (Lipinski definition) is 0. The predicted octanol–water partition coefficient (Wildman–Crippen LogP) is 1.07. The fraction of sp³-hybridized carbons (Fsp3) is 0.538. The number of sulfonamides is 1. The van der Waals surface area contributed by atoms with Gasteiger partial charge in [-0.2, -0.15) is 14.5 Å². The lowest BCUT2D eigenvalue weighted by Gasteiger charge is -2.16. The van der Waals surface area contributed by atoms with Crippen LogP contribution in [-0.2, 0) is 30.2 Å². The van der Waals surface area contributed by atoms with E-state index in [0.717, 1.165) is 11.3 Å². The van der Waals surface area contributed by atoms with Gasteiger partial charge in [0.05, 0.1) is 11.4 Å². The molecule has 2 aromatic heterocycles. The van der Waals surface area contributed by atoms with Crippen molar-refractivity contribution in [3.05, 3.63) is 29.3 Å². The first-order chi connectivity index (χ1) is 9.75. The van der Waals surface area contributed by atoms with Gasteiger partial charge in [0.25, 0.3) is 0 Å². The Morgan fingerprint density at radius 1 is 1.19 bits per heavy atom. The summed E-state index contributed by atoms with van der Waals surface area (Å²) in [4.78, 5) is 0.258. The third kappa shape index (κ3) is 3.01. The lowest BCUT2D eigenvalue weighted by atomic mass is 10.3. The van der Waals surface area contributed by atoms with Crippen LogP contribution >= 0.6 is 0 Å². The van der Waals surface area contributed by atoms with Crippen LogP contribution in [0.1, 0.15) is 23.9 Å². The van der Waals surface area contributed by atoms with E-state index in [1.807, 2.05) is 27.1 Å². The zero-order valence-electron chi connectivity index (χ0n) is 13.0. The minimum absolute atomic E-state index is 0.258. The van der Waals surface area contributed by atoms with Crippen molar-refractivity contribution in [2.24, 2.45) is 7.05 Å². The highest BCUT2D eigenvalue weighted by molar-refractivity contribution is 7.89. The summed E-state index contributed by atoms with van der Waals surface area (Å²) < 4.78 is 30.0. The predicted molar refractivity (Wildman–Crippen MR) is 79.2 cm³/mol. The molecule has 0 unspecified atom stereocenters. The lowest BCUT2D eigenvalue weighted by molar-refractivity contribution is 0.465. The molecule has 0 spiro atoms. The molecule has 0 fully saturated rings. The molecule has 21 heavy (non-hydrogen) atoms. The summed E-state index contributed by atoms with van der Waals surface area (Å²) in [5.41, 5.74) is 2.25. The molecule has 0 amide bonds. The molecule has 0 aromatic carbocycles. The van der Waals surface area contributed by atoms with E-state index in [0.29, 0.717) is 18.8 Å². The zero-order chi connectivity index (χ0) is 15.8. The van der Waals surface area contributed by atoms with E-state index in [9.17, 15) is 8.42 Å². The molecule has 116 valence electrons. The second-order valence-electron chi connectivity index (χ2n) is 5.11. The van der Waals surface area contributed by atoms with E-state index in [1.54, 1.807) is 29.5 Å². The Bertz CT molecular complexity index is 745. The molecule has 7 nitrogen and oxygen atoms in total. The van der Waals surface area contributed by atoms with Crippen molar-refractivity contribution >= 4 is 10.0 Å². The Hall–Kier alpha value is -1.67. The smallest absolute Gasteiger partial charge is 0.246 e. The normalized spacial score (nSPS) is 12.3. The van der Waals surface area contributed by atoms with Gasteiger partial charge >= 0.3 is 0 Å². The molecular weight excluding hydrogens is 290 g/mol. The van der Waals surface area contributed by atoms with Crippen molar-refractivity contribution in [3.8, 4) is 0 Å². The molecule has 0 radical (unpaired) electrons. The minimum Gasteiger partial charge on any atom is -0.275 e. The summed E-state index contributed by atoms with van der Waals surface area (Å²) >= 11 is 0. The van der Waals surface area contributed by atoms with Crippen molar-refractivity contribution < 1.29 is 8.42 Å². The van der Waals surface area contributed by atoms with Gasteiger partial charge in [-0.3, -0.25) is 9.36 Å². The average molecular weight is 311 g/mol. The van der Waals surface area contributed by atoms with Crippen LogP contribution in [0.25, 0.3) is 0 Å². The Balaban J connectivity index is 2.30. The fourth-order valence-electron chi connectivity index (χ4n) is 2.21. The number of aromatic nitrogens is 4. The van der Waals surface area contributed by atoms with E-state index in [2.05, 4.69) is 10.2 Å². The third-order valence-electron chi connectivity index (χ3n) is 3.42. The van der Waals surface area contributed by atoms with Gasteiger partial charge in [-0.1, -0.05) is 0 Å². The highest BCUT2D eigenvalue weighted by atomic mass is 32.2. The quantitative estimate of drug-likeness (QED) is 0.828. The second-order valence-corrected chi connectivity index (χ2v) is 7.12. The van der Waals surface area contributed by atoms with Gasteiger partial charge in [0, 0.05) is 45.1 Å². The van der Waals surface area contributed by atoms with Gasteiger partial charge in [-0.15, -0.1) is 0 Å². The lowest BCUT2D eigenvalue weighted by Crippen LogP contribution is -2.27. The molecule has 0 aliphatic rings. The number of nitrogens with zero attached hydrogens (tertiary/aromatic N) is 5. The SMILES string of the molecule is CCn1cc(S(=O)(=O)N(C)Cc2cn(C)nc2C)c(C)n1. The van der Waals surface area contributed by atoms with Crippen LogP contribution in [-0.4, -0.2) is 39.3 Å². The molecule has 8 heteroatoms. The molecule has 0 N–H and O–H groups in total. The molecule has 0 aliphatic carbocycles. The van der Waals surface area contributed by atoms with Crippen LogP contribution in [0.4, 0.5) is 0 Å². The molecule has 2 rings (SSSR count). The van der Waals surface area contributed by atoms with Gasteiger partial charge in [0.15, 0.2) is 0 Å². The third-order valence-corrected chi connectivity index (χ3v) is 5.33. The maximum absolute atomic E-state index is 12.7. The molecule has 0 atom stereocenters. The van der Waals surface area contributed by atoms with Crippen molar-refractivity contribution in [2.45, 2.75) is 38.8 Å². The first-order valence-electron chi connectivity index (χ1n) is 6.75. The maximum atomic E-state index is 12.7. The van der Waals surface area contributed by atoms with Crippen molar-refractivity contribution in [1.82, 2.24) is 23.9 Å². The number of rotatable bonds is 5. The number of hydrogen-bond acceptors (Lipinski definition) is 4. The van der Waals surface area contributed by atoms with E-state index in [4.69, 9.17) is 0 Å². The highest BCUT2D eigenvalue weighted by Crippen LogP contribution is 2.20. The molecule has 0 bridgehead atoms. The van der Waals surface area contributed by atoms with E-state index < -0.39 is 10.0 Å².